The lowest BCUT2D eigenvalue weighted by Crippen LogP contribution is -2.34. The molecule has 0 aromatic heterocycles. The SMILES string of the molecule is CCCNCCCN(C)S(=O)(=O)Nc1cc(C)ccc1Br. The number of nitrogens with zero attached hydrogens (tertiary/aromatic N) is 1. The molecule has 0 aliphatic carbocycles. The van der Waals surface area contributed by atoms with E-state index in [1.54, 1.807) is 13.1 Å². The van der Waals surface area contributed by atoms with Gasteiger partial charge in [0.1, 0.15) is 0 Å². The van der Waals surface area contributed by atoms with E-state index in [0.717, 1.165) is 36.0 Å². The van der Waals surface area contributed by atoms with Crippen LogP contribution in [-0.2, 0) is 10.2 Å². The monoisotopic (exact) mass is 377 g/mol. The summed E-state index contributed by atoms with van der Waals surface area (Å²) in [6.07, 6.45) is 1.86. The van der Waals surface area contributed by atoms with Crippen LogP contribution in [0, 0.1) is 6.92 Å². The topological polar surface area (TPSA) is 61.4 Å². The van der Waals surface area contributed by atoms with Gasteiger partial charge in [-0.1, -0.05) is 13.0 Å². The van der Waals surface area contributed by atoms with Crippen LogP contribution in [0.25, 0.3) is 0 Å². The first-order valence-electron chi connectivity index (χ1n) is 7.07. The Labute approximate surface area is 136 Å². The molecule has 0 atom stereocenters. The zero-order valence-electron chi connectivity index (χ0n) is 12.8. The highest BCUT2D eigenvalue weighted by atomic mass is 79.9. The average molecular weight is 378 g/mol. The van der Waals surface area contributed by atoms with E-state index in [2.05, 4.69) is 32.9 Å². The van der Waals surface area contributed by atoms with Gasteiger partial charge in [-0.2, -0.15) is 12.7 Å². The Morgan fingerprint density at radius 2 is 2.00 bits per heavy atom. The summed E-state index contributed by atoms with van der Waals surface area (Å²) in [6.45, 7) is 6.29. The lowest BCUT2D eigenvalue weighted by Gasteiger charge is -2.19. The fourth-order valence-corrected chi connectivity index (χ4v) is 3.23. The lowest BCUT2D eigenvalue weighted by molar-refractivity contribution is 0.458. The van der Waals surface area contributed by atoms with Crippen LogP contribution in [0.1, 0.15) is 25.3 Å². The minimum absolute atomic E-state index is 0.482. The molecule has 1 aromatic rings. The van der Waals surface area contributed by atoms with Crippen molar-refractivity contribution in [2.75, 3.05) is 31.4 Å². The van der Waals surface area contributed by atoms with Gasteiger partial charge >= 0.3 is 10.2 Å². The maximum Gasteiger partial charge on any atom is 0.301 e. The molecule has 0 spiro atoms. The van der Waals surface area contributed by atoms with Gasteiger partial charge in [-0.15, -0.1) is 0 Å². The first-order valence-corrected chi connectivity index (χ1v) is 9.31. The molecule has 0 aliphatic heterocycles. The molecule has 1 aromatic carbocycles. The molecule has 0 saturated heterocycles. The van der Waals surface area contributed by atoms with Crippen LogP contribution in [0.4, 0.5) is 5.69 Å². The number of rotatable bonds is 9. The van der Waals surface area contributed by atoms with Crippen molar-refractivity contribution in [1.82, 2.24) is 9.62 Å². The first-order chi connectivity index (χ1) is 9.86. The maximum absolute atomic E-state index is 12.3. The highest BCUT2D eigenvalue weighted by Crippen LogP contribution is 2.24. The van der Waals surface area contributed by atoms with Crippen LogP contribution < -0.4 is 10.0 Å². The van der Waals surface area contributed by atoms with Gasteiger partial charge in [-0.05, 0) is 66.5 Å². The molecule has 0 aliphatic rings. The van der Waals surface area contributed by atoms with E-state index in [1.807, 2.05) is 19.1 Å². The maximum atomic E-state index is 12.3. The summed E-state index contributed by atoms with van der Waals surface area (Å²) in [6, 6.07) is 5.56. The number of halogens is 1. The van der Waals surface area contributed by atoms with E-state index in [0.29, 0.717) is 12.2 Å². The zero-order chi connectivity index (χ0) is 15.9. The van der Waals surface area contributed by atoms with Gasteiger partial charge in [0.05, 0.1) is 5.69 Å². The Morgan fingerprint density at radius 1 is 1.29 bits per heavy atom. The predicted molar refractivity (Wildman–Crippen MR) is 91.8 cm³/mol. The van der Waals surface area contributed by atoms with Gasteiger partial charge in [0, 0.05) is 18.1 Å². The quantitative estimate of drug-likeness (QED) is 0.650. The van der Waals surface area contributed by atoms with Crippen LogP contribution in [0.2, 0.25) is 0 Å². The number of hydrogen-bond acceptors (Lipinski definition) is 3. The molecule has 1 rings (SSSR count). The van der Waals surface area contributed by atoms with Gasteiger partial charge in [0.2, 0.25) is 0 Å². The molecule has 0 bridgehead atoms. The van der Waals surface area contributed by atoms with Crippen molar-refractivity contribution in [3.05, 3.63) is 28.2 Å². The molecule has 0 saturated carbocycles. The molecule has 0 radical (unpaired) electrons. The average Bonchev–Trinajstić information content (AvgIpc) is 2.42. The highest BCUT2D eigenvalue weighted by molar-refractivity contribution is 9.10. The summed E-state index contributed by atoms with van der Waals surface area (Å²) in [5.41, 5.74) is 1.56. The Hall–Kier alpha value is -0.630. The van der Waals surface area contributed by atoms with E-state index in [-0.39, 0.29) is 0 Å². The van der Waals surface area contributed by atoms with E-state index in [4.69, 9.17) is 0 Å². The molecule has 5 nitrogen and oxygen atoms in total. The van der Waals surface area contributed by atoms with E-state index < -0.39 is 10.2 Å². The van der Waals surface area contributed by atoms with Crippen molar-refractivity contribution in [2.45, 2.75) is 26.7 Å². The molecule has 120 valence electrons. The fraction of sp³-hybridized carbons (Fsp3) is 0.571. The third-order valence-electron chi connectivity index (χ3n) is 3.02. The van der Waals surface area contributed by atoms with Crippen molar-refractivity contribution < 1.29 is 8.42 Å². The second-order valence-corrected chi connectivity index (χ2v) is 7.65. The molecule has 0 amide bonds. The summed E-state index contributed by atoms with van der Waals surface area (Å²) in [5, 5.41) is 3.26. The van der Waals surface area contributed by atoms with E-state index >= 15 is 0 Å². The molecule has 0 heterocycles. The third-order valence-corrected chi connectivity index (χ3v) is 5.20. The van der Waals surface area contributed by atoms with Crippen molar-refractivity contribution in [2.24, 2.45) is 0 Å². The molecule has 0 fully saturated rings. The Morgan fingerprint density at radius 3 is 2.67 bits per heavy atom. The first kappa shape index (κ1) is 18.4. The van der Waals surface area contributed by atoms with Crippen LogP contribution in [0.3, 0.4) is 0 Å². The van der Waals surface area contributed by atoms with Crippen LogP contribution in [0.15, 0.2) is 22.7 Å². The lowest BCUT2D eigenvalue weighted by atomic mass is 10.2. The third kappa shape index (κ3) is 6.34. The van der Waals surface area contributed by atoms with Crippen molar-refractivity contribution in [3.8, 4) is 0 Å². The van der Waals surface area contributed by atoms with Crippen LogP contribution in [0.5, 0.6) is 0 Å². The largest absolute Gasteiger partial charge is 0.317 e. The number of nitrogens with one attached hydrogen (secondary N) is 2. The summed E-state index contributed by atoms with van der Waals surface area (Å²) in [5.74, 6) is 0. The standard InChI is InChI=1S/C14H24BrN3O2S/c1-4-8-16-9-5-10-18(3)21(19,20)17-14-11-12(2)6-7-13(14)15/h6-7,11,16-17H,4-5,8-10H2,1-3H3. The Bertz CT molecular complexity index is 549. The second kappa shape index (κ2) is 8.73. The molecular weight excluding hydrogens is 354 g/mol. The van der Waals surface area contributed by atoms with E-state index in [9.17, 15) is 8.42 Å². The normalized spacial score (nSPS) is 11.9. The molecule has 21 heavy (non-hydrogen) atoms. The molecular formula is C14H24BrN3O2S. The number of hydrogen-bond donors (Lipinski definition) is 2. The number of anilines is 1. The fourth-order valence-electron chi connectivity index (χ4n) is 1.78. The number of aryl methyl sites for hydroxylation is 1. The summed E-state index contributed by atoms with van der Waals surface area (Å²) in [4.78, 5) is 0. The molecule has 7 heteroatoms. The Kier molecular flexibility index (Phi) is 7.65. The highest BCUT2D eigenvalue weighted by Gasteiger charge is 2.18. The zero-order valence-corrected chi connectivity index (χ0v) is 15.2. The van der Waals surface area contributed by atoms with Gasteiger partial charge in [0.15, 0.2) is 0 Å². The van der Waals surface area contributed by atoms with Gasteiger partial charge in [-0.25, -0.2) is 0 Å². The molecule has 2 N–H and O–H groups in total. The van der Waals surface area contributed by atoms with Crippen LogP contribution >= 0.6 is 15.9 Å². The summed E-state index contributed by atoms with van der Waals surface area (Å²) < 4.78 is 29.2. The van der Waals surface area contributed by atoms with E-state index in [1.165, 1.54) is 4.31 Å². The molecule has 0 unspecified atom stereocenters. The predicted octanol–water partition coefficient (Wildman–Crippen LogP) is 2.74. The second-order valence-electron chi connectivity index (χ2n) is 5.02. The van der Waals surface area contributed by atoms with Crippen molar-refractivity contribution >= 4 is 31.8 Å². The van der Waals surface area contributed by atoms with Gasteiger partial charge < -0.3 is 5.32 Å². The van der Waals surface area contributed by atoms with Gasteiger partial charge in [0.25, 0.3) is 0 Å². The van der Waals surface area contributed by atoms with Crippen LogP contribution in [-0.4, -0.2) is 39.4 Å². The summed E-state index contributed by atoms with van der Waals surface area (Å²) in [7, 11) is -1.93. The minimum Gasteiger partial charge on any atom is -0.317 e. The minimum atomic E-state index is -3.52. The van der Waals surface area contributed by atoms with Gasteiger partial charge in [-0.3, -0.25) is 4.72 Å². The van der Waals surface area contributed by atoms with Crippen molar-refractivity contribution in [3.63, 3.8) is 0 Å². The Balaban J connectivity index is 2.57. The smallest absolute Gasteiger partial charge is 0.301 e. The van der Waals surface area contributed by atoms with Crippen molar-refractivity contribution in [1.29, 1.82) is 0 Å². The summed E-state index contributed by atoms with van der Waals surface area (Å²) >= 11 is 3.36. The number of benzene rings is 1.